The third-order valence-electron chi connectivity index (χ3n) is 3.61. The summed E-state index contributed by atoms with van der Waals surface area (Å²) >= 11 is 1.26. The highest BCUT2D eigenvalue weighted by molar-refractivity contribution is 7.09. The average molecular weight is 370 g/mol. The highest BCUT2D eigenvalue weighted by Crippen LogP contribution is 2.19. The van der Waals surface area contributed by atoms with Crippen molar-refractivity contribution >= 4 is 28.4 Å². The van der Waals surface area contributed by atoms with E-state index in [1.54, 1.807) is 19.2 Å². The first-order valence-corrected chi connectivity index (χ1v) is 8.81. The standard InChI is InChI=1S/C19H19FN4OS/c1-13(21-12-14-3-9-17(25-2)10-4-14)11-18-23-19(26-24-18)22-16-7-5-15(20)6-8-16/h3-11,21H,12H2,1-2H3,(H,22,23,24). The maximum absolute atomic E-state index is 12.9. The topological polar surface area (TPSA) is 59.1 Å². The predicted octanol–water partition coefficient (Wildman–Crippen LogP) is 4.58. The Morgan fingerprint density at radius 1 is 1.15 bits per heavy atom. The number of ether oxygens (including phenoxy) is 1. The van der Waals surface area contributed by atoms with Crippen LogP contribution < -0.4 is 15.4 Å². The van der Waals surface area contributed by atoms with Gasteiger partial charge in [0.1, 0.15) is 11.6 Å². The van der Waals surface area contributed by atoms with E-state index in [0.29, 0.717) is 17.5 Å². The van der Waals surface area contributed by atoms with Crippen LogP contribution in [-0.4, -0.2) is 16.5 Å². The minimum absolute atomic E-state index is 0.269. The minimum Gasteiger partial charge on any atom is -0.497 e. The molecule has 0 atom stereocenters. The second-order valence-electron chi connectivity index (χ2n) is 5.62. The van der Waals surface area contributed by atoms with E-state index in [0.717, 1.165) is 22.7 Å². The van der Waals surface area contributed by atoms with Gasteiger partial charge in [0.05, 0.1) is 7.11 Å². The minimum atomic E-state index is -0.269. The molecule has 0 fully saturated rings. The Hall–Kier alpha value is -2.93. The van der Waals surface area contributed by atoms with E-state index in [-0.39, 0.29) is 5.82 Å². The summed E-state index contributed by atoms with van der Waals surface area (Å²) < 4.78 is 22.4. The molecule has 0 saturated heterocycles. The Morgan fingerprint density at radius 2 is 1.88 bits per heavy atom. The van der Waals surface area contributed by atoms with E-state index in [9.17, 15) is 4.39 Å². The lowest BCUT2D eigenvalue weighted by atomic mass is 10.2. The van der Waals surface area contributed by atoms with Crippen molar-refractivity contribution in [1.29, 1.82) is 0 Å². The summed E-state index contributed by atoms with van der Waals surface area (Å²) in [5, 5.41) is 7.10. The molecule has 134 valence electrons. The molecule has 0 unspecified atom stereocenters. The number of aromatic nitrogens is 2. The summed E-state index contributed by atoms with van der Waals surface area (Å²) in [6.07, 6.45) is 1.88. The zero-order valence-electron chi connectivity index (χ0n) is 14.5. The van der Waals surface area contributed by atoms with Crippen molar-refractivity contribution in [2.75, 3.05) is 12.4 Å². The van der Waals surface area contributed by atoms with Crippen LogP contribution in [0.3, 0.4) is 0 Å². The monoisotopic (exact) mass is 370 g/mol. The number of nitrogens with zero attached hydrogens (tertiary/aromatic N) is 2. The lowest BCUT2D eigenvalue weighted by Crippen LogP contribution is -2.10. The Morgan fingerprint density at radius 3 is 2.58 bits per heavy atom. The lowest BCUT2D eigenvalue weighted by molar-refractivity contribution is 0.414. The molecule has 0 aliphatic heterocycles. The van der Waals surface area contributed by atoms with Crippen molar-refractivity contribution in [2.45, 2.75) is 13.5 Å². The van der Waals surface area contributed by atoms with Crippen molar-refractivity contribution in [2.24, 2.45) is 0 Å². The van der Waals surface area contributed by atoms with Crippen LogP contribution in [0.5, 0.6) is 5.75 Å². The van der Waals surface area contributed by atoms with E-state index in [1.807, 2.05) is 37.3 Å². The molecule has 2 aromatic carbocycles. The van der Waals surface area contributed by atoms with Crippen LogP contribution in [0, 0.1) is 5.82 Å². The van der Waals surface area contributed by atoms with Gasteiger partial charge in [-0.3, -0.25) is 0 Å². The van der Waals surface area contributed by atoms with Gasteiger partial charge in [-0.2, -0.15) is 9.36 Å². The molecule has 0 bridgehead atoms. The molecule has 0 aliphatic rings. The molecule has 0 amide bonds. The number of rotatable bonds is 7. The number of hydrogen-bond acceptors (Lipinski definition) is 6. The third kappa shape index (κ3) is 5.03. The fourth-order valence-corrected chi connectivity index (χ4v) is 2.80. The zero-order valence-corrected chi connectivity index (χ0v) is 15.3. The van der Waals surface area contributed by atoms with Gasteiger partial charge in [-0.1, -0.05) is 12.1 Å². The molecule has 1 heterocycles. The number of anilines is 2. The van der Waals surface area contributed by atoms with Crippen molar-refractivity contribution in [3.8, 4) is 5.75 Å². The molecule has 7 heteroatoms. The van der Waals surface area contributed by atoms with Gasteiger partial charge in [0, 0.05) is 35.5 Å². The van der Waals surface area contributed by atoms with Crippen molar-refractivity contribution < 1.29 is 9.13 Å². The number of benzene rings is 2. The van der Waals surface area contributed by atoms with Crippen molar-refractivity contribution in [3.05, 3.63) is 71.4 Å². The van der Waals surface area contributed by atoms with Gasteiger partial charge < -0.3 is 15.4 Å². The SMILES string of the molecule is COc1ccc(CNC(C)=Cc2nsc(Nc3ccc(F)cc3)n2)cc1. The van der Waals surface area contributed by atoms with Crippen molar-refractivity contribution in [3.63, 3.8) is 0 Å². The third-order valence-corrected chi connectivity index (χ3v) is 4.26. The normalized spacial score (nSPS) is 11.3. The average Bonchev–Trinajstić information content (AvgIpc) is 3.09. The maximum Gasteiger partial charge on any atom is 0.207 e. The molecule has 1 aromatic heterocycles. The molecule has 0 spiro atoms. The Bertz CT molecular complexity index is 875. The molecule has 0 saturated carbocycles. The van der Waals surface area contributed by atoms with Gasteiger partial charge in [0.25, 0.3) is 0 Å². The molecule has 26 heavy (non-hydrogen) atoms. The zero-order chi connectivity index (χ0) is 18.4. The molecule has 2 N–H and O–H groups in total. The molecular formula is C19H19FN4OS. The Kier molecular flexibility index (Phi) is 5.80. The summed E-state index contributed by atoms with van der Waals surface area (Å²) in [7, 11) is 1.65. The van der Waals surface area contributed by atoms with E-state index in [2.05, 4.69) is 20.0 Å². The number of halogens is 1. The fraction of sp³-hybridized carbons (Fsp3) is 0.158. The quantitative estimate of drug-likeness (QED) is 0.637. The van der Waals surface area contributed by atoms with Gasteiger partial charge in [-0.25, -0.2) is 4.39 Å². The fourth-order valence-electron chi connectivity index (χ4n) is 2.23. The lowest BCUT2D eigenvalue weighted by Gasteiger charge is -2.07. The molecule has 5 nitrogen and oxygen atoms in total. The predicted molar refractivity (Wildman–Crippen MR) is 103 cm³/mol. The summed E-state index contributed by atoms with van der Waals surface area (Å²) in [5.74, 6) is 1.20. The van der Waals surface area contributed by atoms with Gasteiger partial charge in [-0.05, 0) is 48.9 Å². The number of allylic oxidation sites excluding steroid dienone is 1. The van der Waals surface area contributed by atoms with Gasteiger partial charge in [0.15, 0.2) is 5.82 Å². The van der Waals surface area contributed by atoms with Crippen LogP contribution in [0.15, 0.2) is 54.2 Å². The highest BCUT2D eigenvalue weighted by atomic mass is 32.1. The van der Waals surface area contributed by atoms with Crippen molar-refractivity contribution in [1.82, 2.24) is 14.7 Å². The Balaban J connectivity index is 1.56. The molecule has 0 radical (unpaired) electrons. The van der Waals surface area contributed by atoms with E-state index < -0.39 is 0 Å². The molecule has 0 aliphatic carbocycles. The van der Waals surface area contributed by atoms with Gasteiger partial charge in [-0.15, -0.1) is 0 Å². The first-order valence-electron chi connectivity index (χ1n) is 8.04. The summed E-state index contributed by atoms with van der Waals surface area (Å²) in [6, 6.07) is 14.0. The smallest absolute Gasteiger partial charge is 0.207 e. The summed E-state index contributed by atoms with van der Waals surface area (Å²) in [6.45, 7) is 2.68. The van der Waals surface area contributed by atoms with Crippen LogP contribution in [0.1, 0.15) is 18.3 Å². The second-order valence-corrected chi connectivity index (χ2v) is 6.37. The van der Waals surface area contributed by atoms with E-state index in [1.165, 1.54) is 23.7 Å². The van der Waals surface area contributed by atoms with Crippen LogP contribution >= 0.6 is 11.5 Å². The van der Waals surface area contributed by atoms with Crippen LogP contribution in [0.2, 0.25) is 0 Å². The Labute approximate surface area is 155 Å². The first-order chi connectivity index (χ1) is 12.6. The summed E-state index contributed by atoms with van der Waals surface area (Å²) in [5.41, 5.74) is 2.89. The number of methoxy groups -OCH3 is 1. The molecule has 3 rings (SSSR count). The van der Waals surface area contributed by atoms with E-state index in [4.69, 9.17) is 4.74 Å². The largest absolute Gasteiger partial charge is 0.497 e. The van der Waals surface area contributed by atoms with Crippen LogP contribution in [-0.2, 0) is 6.54 Å². The first kappa shape index (κ1) is 17.9. The van der Waals surface area contributed by atoms with Gasteiger partial charge >= 0.3 is 0 Å². The molecule has 3 aromatic rings. The second kappa shape index (κ2) is 8.44. The maximum atomic E-state index is 12.9. The molecular weight excluding hydrogens is 351 g/mol. The van der Waals surface area contributed by atoms with E-state index >= 15 is 0 Å². The highest BCUT2D eigenvalue weighted by Gasteiger charge is 2.03. The van der Waals surface area contributed by atoms with Gasteiger partial charge in [0.2, 0.25) is 5.13 Å². The number of nitrogens with one attached hydrogen (secondary N) is 2. The number of hydrogen-bond donors (Lipinski definition) is 2. The van der Waals surface area contributed by atoms with Crippen LogP contribution in [0.4, 0.5) is 15.2 Å². The summed E-state index contributed by atoms with van der Waals surface area (Å²) in [4.78, 5) is 4.42. The van der Waals surface area contributed by atoms with Crippen LogP contribution in [0.25, 0.3) is 6.08 Å².